The number of aromatic nitrogens is 1. The Morgan fingerprint density at radius 2 is 2.06 bits per heavy atom. The number of benzene rings is 1. The summed E-state index contributed by atoms with van der Waals surface area (Å²) in [4.78, 5) is 4.36. The maximum atomic E-state index is 6.50. The Labute approximate surface area is 112 Å². The fourth-order valence-electron chi connectivity index (χ4n) is 2.94. The molecule has 1 aliphatic carbocycles. The van der Waals surface area contributed by atoms with Gasteiger partial charge in [0.2, 0.25) is 0 Å². The third-order valence-corrected chi connectivity index (χ3v) is 4.98. The molecule has 0 amide bonds. The molecular formula is C15H18N2S. The summed E-state index contributed by atoms with van der Waals surface area (Å²) in [5.74, 6) is 0. The summed E-state index contributed by atoms with van der Waals surface area (Å²) in [6, 6.07) is 10.9. The molecule has 1 aliphatic rings. The molecule has 1 aromatic heterocycles. The van der Waals surface area contributed by atoms with Crippen LogP contribution in [0.5, 0.6) is 0 Å². The van der Waals surface area contributed by atoms with Gasteiger partial charge in [0.25, 0.3) is 0 Å². The molecule has 1 unspecified atom stereocenters. The van der Waals surface area contributed by atoms with Crippen molar-refractivity contribution in [3.63, 3.8) is 0 Å². The largest absolute Gasteiger partial charge is 0.327 e. The highest BCUT2D eigenvalue weighted by Gasteiger charge is 2.43. The summed E-state index contributed by atoms with van der Waals surface area (Å²) >= 11 is 1.71. The lowest BCUT2D eigenvalue weighted by molar-refractivity contribution is 0.194. The molecule has 1 aromatic carbocycles. The van der Waals surface area contributed by atoms with Crippen molar-refractivity contribution in [1.82, 2.24) is 4.98 Å². The summed E-state index contributed by atoms with van der Waals surface area (Å²) in [7, 11) is 0. The third kappa shape index (κ3) is 1.98. The number of nitrogens with two attached hydrogens (primary N) is 1. The molecule has 3 heteroatoms. The number of thiazole rings is 1. The van der Waals surface area contributed by atoms with Crippen LogP contribution in [0.15, 0.2) is 41.9 Å². The highest BCUT2D eigenvalue weighted by molar-refractivity contribution is 7.09. The second-order valence-corrected chi connectivity index (χ2v) is 6.09. The summed E-state index contributed by atoms with van der Waals surface area (Å²) in [6.07, 6.45) is 6.48. The van der Waals surface area contributed by atoms with Crippen LogP contribution >= 0.6 is 11.3 Å². The van der Waals surface area contributed by atoms with E-state index in [0.29, 0.717) is 0 Å². The van der Waals surface area contributed by atoms with E-state index in [1.165, 1.54) is 24.8 Å². The fourth-order valence-corrected chi connectivity index (χ4v) is 3.61. The van der Waals surface area contributed by atoms with Crippen molar-refractivity contribution in [1.29, 1.82) is 0 Å². The van der Waals surface area contributed by atoms with Crippen molar-refractivity contribution >= 4 is 11.3 Å². The molecule has 1 saturated carbocycles. The third-order valence-electron chi connectivity index (χ3n) is 4.18. The van der Waals surface area contributed by atoms with Gasteiger partial charge in [0.1, 0.15) is 0 Å². The predicted octanol–water partition coefficient (Wildman–Crippen LogP) is 3.13. The number of hydrogen-bond acceptors (Lipinski definition) is 3. The van der Waals surface area contributed by atoms with E-state index in [1.807, 2.05) is 11.6 Å². The van der Waals surface area contributed by atoms with Crippen LogP contribution in [0.4, 0.5) is 0 Å². The summed E-state index contributed by atoms with van der Waals surface area (Å²) < 4.78 is 0. The zero-order chi connectivity index (χ0) is 12.4. The van der Waals surface area contributed by atoms with Gasteiger partial charge in [0.05, 0.1) is 5.01 Å². The zero-order valence-electron chi connectivity index (χ0n) is 10.4. The van der Waals surface area contributed by atoms with E-state index in [0.717, 1.165) is 11.4 Å². The first-order valence-corrected chi connectivity index (χ1v) is 7.39. The van der Waals surface area contributed by atoms with Gasteiger partial charge in [0, 0.05) is 29.5 Å². The average molecular weight is 258 g/mol. The van der Waals surface area contributed by atoms with E-state index in [1.54, 1.807) is 11.3 Å². The SMILES string of the molecule is NC(Cc1nccs1)C1(c2ccccc2)CCC1. The minimum absolute atomic E-state index is 0.180. The van der Waals surface area contributed by atoms with Crippen molar-refractivity contribution < 1.29 is 0 Å². The Hall–Kier alpha value is -1.19. The van der Waals surface area contributed by atoms with Gasteiger partial charge in [-0.25, -0.2) is 4.98 Å². The van der Waals surface area contributed by atoms with Gasteiger partial charge in [-0.15, -0.1) is 11.3 Å². The van der Waals surface area contributed by atoms with Gasteiger partial charge in [-0.1, -0.05) is 36.8 Å². The van der Waals surface area contributed by atoms with Gasteiger partial charge < -0.3 is 5.73 Å². The molecule has 94 valence electrons. The van der Waals surface area contributed by atoms with Crippen molar-refractivity contribution in [2.75, 3.05) is 0 Å². The van der Waals surface area contributed by atoms with Gasteiger partial charge in [0.15, 0.2) is 0 Å². The molecule has 2 N–H and O–H groups in total. The second-order valence-electron chi connectivity index (χ2n) is 5.11. The first-order chi connectivity index (χ1) is 8.81. The van der Waals surface area contributed by atoms with Gasteiger partial charge in [-0.3, -0.25) is 0 Å². The van der Waals surface area contributed by atoms with E-state index in [9.17, 15) is 0 Å². The molecule has 3 rings (SSSR count). The predicted molar refractivity (Wildman–Crippen MR) is 75.8 cm³/mol. The quantitative estimate of drug-likeness (QED) is 0.915. The molecule has 1 fully saturated rings. The molecular weight excluding hydrogens is 240 g/mol. The smallest absolute Gasteiger partial charge is 0.0940 e. The first kappa shape index (κ1) is 11.9. The van der Waals surface area contributed by atoms with Crippen LogP contribution in [0.2, 0.25) is 0 Å². The average Bonchev–Trinajstić information content (AvgIpc) is 2.82. The zero-order valence-corrected chi connectivity index (χ0v) is 11.2. The first-order valence-electron chi connectivity index (χ1n) is 6.51. The number of nitrogens with zero attached hydrogens (tertiary/aromatic N) is 1. The molecule has 2 nitrogen and oxygen atoms in total. The molecule has 1 atom stereocenters. The molecule has 0 spiro atoms. The Bertz CT molecular complexity index is 488. The normalized spacial score (nSPS) is 19.2. The van der Waals surface area contributed by atoms with Crippen LogP contribution in [-0.4, -0.2) is 11.0 Å². The molecule has 0 saturated heterocycles. The second kappa shape index (κ2) is 4.82. The van der Waals surface area contributed by atoms with E-state index >= 15 is 0 Å². The van der Waals surface area contributed by atoms with Crippen LogP contribution in [0.25, 0.3) is 0 Å². The summed E-state index contributed by atoms with van der Waals surface area (Å²) in [6.45, 7) is 0. The lowest BCUT2D eigenvalue weighted by Crippen LogP contribution is -2.51. The van der Waals surface area contributed by atoms with Crippen molar-refractivity contribution in [2.45, 2.75) is 37.1 Å². The molecule has 18 heavy (non-hydrogen) atoms. The van der Waals surface area contributed by atoms with Gasteiger partial charge in [-0.2, -0.15) is 0 Å². The van der Waals surface area contributed by atoms with E-state index < -0.39 is 0 Å². The molecule has 0 radical (unpaired) electrons. The standard InChI is InChI=1S/C15H18N2S/c16-13(11-14-17-9-10-18-14)15(7-4-8-15)12-5-2-1-3-6-12/h1-3,5-6,9-10,13H,4,7-8,11,16H2. The van der Waals surface area contributed by atoms with Crippen molar-refractivity contribution in [2.24, 2.45) is 5.73 Å². The fraction of sp³-hybridized carbons (Fsp3) is 0.400. The van der Waals surface area contributed by atoms with E-state index in [4.69, 9.17) is 5.73 Å². The Morgan fingerprint density at radius 3 is 2.61 bits per heavy atom. The highest BCUT2D eigenvalue weighted by atomic mass is 32.1. The topological polar surface area (TPSA) is 38.9 Å². The van der Waals surface area contributed by atoms with Crippen LogP contribution < -0.4 is 5.73 Å². The van der Waals surface area contributed by atoms with Gasteiger partial charge >= 0.3 is 0 Å². The Morgan fingerprint density at radius 1 is 1.28 bits per heavy atom. The van der Waals surface area contributed by atoms with Crippen molar-refractivity contribution in [3.8, 4) is 0 Å². The van der Waals surface area contributed by atoms with Crippen LogP contribution in [0.1, 0.15) is 29.8 Å². The van der Waals surface area contributed by atoms with Crippen molar-refractivity contribution in [3.05, 3.63) is 52.5 Å². The molecule has 1 heterocycles. The summed E-state index contributed by atoms with van der Waals surface area (Å²) in [5, 5.41) is 3.18. The molecule has 0 aliphatic heterocycles. The number of hydrogen-bond donors (Lipinski definition) is 1. The lowest BCUT2D eigenvalue weighted by Gasteiger charge is -2.47. The monoisotopic (exact) mass is 258 g/mol. The maximum absolute atomic E-state index is 6.50. The maximum Gasteiger partial charge on any atom is 0.0940 e. The van der Waals surface area contributed by atoms with Crippen LogP contribution in [-0.2, 0) is 11.8 Å². The lowest BCUT2D eigenvalue weighted by atomic mass is 9.60. The molecule has 0 bridgehead atoms. The highest BCUT2D eigenvalue weighted by Crippen LogP contribution is 2.46. The van der Waals surface area contributed by atoms with Crippen LogP contribution in [0, 0.1) is 0 Å². The van der Waals surface area contributed by atoms with Gasteiger partial charge in [-0.05, 0) is 18.4 Å². The van der Waals surface area contributed by atoms with Crippen LogP contribution in [0.3, 0.4) is 0 Å². The Kier molecular flexibility index (Phi) is 3.18. The molecule has 2 aromatic rings. The summed E-state index contributed by atoms with van der Waals surface area (Å²) in [5.41, 5.74) is 8.09. The number of rotatable bonds is 4. The minimum atomic E-state index is 0.180. The van der Waals surface area contributed by atoms with E-state index in [-0.39, 0.29) is 11.5 Å². The van der Waals surface area contributed by atoms with E-state index in [2.05, 4.69) is 35.3 Å². The minimum Gasteiger partial charge on any atom is -0.327 e. The Balaban J connectivity index is 1.83.